The molecule has 0 aliphatic rings. The van der Waals surface area contributed by atoms with Crippen molar-refractivity contribution in [3.63, 3.8) is 0 Å². The van der Waals surface area contributed by atoms with Gasteiger partial charge in [0.2, 0.25) is 0 Å². The summed E-state index contributed by atoms with van der Waals surface area (Å²) in [7, 11) is 0. The molecule has 0 heterocycles. The van der Waals surface area contributed by atoms with Gasteiger partial charge in [-0.3, -0.25) is 10.1 Å². The predicted molar refractivity (Wildman–Crippen MR) is 86.3 cm³/mol. The van der Waals surface area contributed by atoms with Gasteiger partial charge in [0.15, 0.2) is 5.11 Å². The van der Waals surface area contributed by atoms with E-state index in [9.17, 15) is 18.0 Å². The molecule has 0 unspecified atom stereocenters. The quantitative estimate of drug-likeness (QED) is 0.809. The van der Waals surface area contributed by atoms with Crippen LogP contribution in [0.1, 0.15) is 21.5 Å². The second-order valence-electron chi connectivity index (χ2n) is 4.80. The number of hydrogen-bond donors (Lipinski definition) is 2. The molecular formula is C16H13F3N2OS. The minimum Gasteiger partial charge on any atom is -0.332 e. The maximum Gasteiger partial charge on any atom is 0.416 e. The van der Waals surface area contributed by atoms with Crippen LogP contribution in [0.5, 0.6) is 0 Å². The number of alkyl halides is 3. The van der Waals surface area contributed by atoms with E-state index < -0.39 is 17.6 Å². The van der Waals surface area contributed by atoms with Crippen molar-refractivity contribution in [2.24, 2.45) is 0 Å². The second-order valence-corrected chi connectivity index (χ2v) is 5.21. The molecule has 2 aromatic carbocycles. The summed E-state index contributed by atoms with van der Waals surface area (Å²) in [6.45, 7) is 1.64. The van der Waals surface area contributed by atoms with Gasteiger partial charge in [-0.15, -0.1) is 0 Å². The largest absolute Gasteiger partial charge is 0.416 e. The number of halogens is 3. The summed E-state index contributed by atoms with van der Waals surface area (Å²) in [5, 5.41) is 4.98. The number of benzene rings is 2. The molecule has 0 aromatic heterocycles. The number of carbonyl (C=O) groups is 1. The summed E-state index contributed by atoms with van der Waals surface area (Å²) >= 11 is 4.98. The van der Waals surface area contributed by atoms with Crippen molar-refractivity contribution < 1.29 is 18.0 Å². The fraction of sp³-hybridized carbons (Fsp3) is 0.125. The summed E-state index contributed by atoms with van der Waals surface area (Å²) in [6.07, 6.45) is -4.45. The molecule has 23 heavy (non-hydrogen) atoms. The molecule has 2 aromatic rings. The molecule has 1 amide bonds. The van der Waals surface area contributed by atoms with Crippen LogP contribution in [-0.4, -0.2) is 11.0 Å². The van der Waals surface area contributed by atoms with Gasteiger partial charge in [0, 0.05) is 11.3 Å². The van der Waals surface area contributed by atoms with Crippen molar-refractivity contribution >= 4 is 28.9 Å². The molecule has 2 rings (SSSR count). The van der Waals surface area contributed by atoms with Crippen molar-refractivity contribution in [1.29, 1.82) is 0 Å². The van der Waals surface area contributed by atoms with E-state index in [1.807, 2.05) is 0 Å². The number of carbonyl (C=O) groups excluding carboxylic acids is 1. The van der Waals surface area contributed by atoms with Gasteiger partial charge in [-0.05, 0) is 49.0 Å². The number of amides is 1. The van der Waals surface area contributed by atoms with E-state index >= 15 is 0 Å². The van der Waals surface area contributed by atoms with E-state index in [0.29, 0.717) is 11.1 Å². The third-order valence-corrected chi connectivity index (χ3v) is 3.28. The van der Waals surface area contributed by atoms with Crippen LogP contribution < -0.4 is 10.6 Å². The molecule has 3 nitrogen and oxygen atoms in total. The highest BCUT2D eigenvalue weighted by molar-refractivity contribution is 7.80. The van der Waals surface area contributed by atoms with E-state index in [4.69, 9.17) is 12.2 Å². The average molecular weight is 338 g/mol. The van der Waals surface area contributed by atoms with Crippen molar-refractivity contribution in [3.8, 4) is 0 Å². The summed E-state index contributed by atoms with van der Waals surface area (Å²) in [5.41, 5.74) is 0.382. The maximum absolute atomic E-state index is 12.7. The molecular weight excluding hydrogens is 325 g/mol. The third kappa shape index (κ3) is 4.53. The zero-order valence-electron chi connectivity index (χ0n) is 12.1. The minimum absolute atomic E-state index is 0.0683. The van der Waals surface area contributed by atoms with E-state index in [1.165, 1.54) is 6.07 Å². The van der Waals surface area contributed by atoms with Gasteiger partial charge < -0.3 is 5.32 Å². The van der Waals surface area contributed by atoms with E-state index in [0.717, 1.165) is 12.1 Å². The standard InChI is InChI=1S/C16H13F3N2OS/c1-10-7-8-12(16(17,18)19)9-13(10)20-15(23)21-14(22)11-5-3-2-4-6-11/h2-9H,1H3,(H2,20,21,22,23). The first-order valence-corrected chi connectivity index (χ1v) is 7.03. The average Bonchev–Trinajstić information content (AvgIpc) is 2.49. The van der Waals surface area contributed by atoms with Crippen LogP contribution in [0.3, 0.4) is 0 Å². The number of nitrogens with one attached hydrogen (secondary N) is 2. The number of anilines is 1. The molecule has 0 atom stereocenters. The van der Waals surface area contributed by atoms with Crippen molar-refractivity contribution in [2.45, 2.75) is 13.1 Å². The highest BCUT2D eigenvalue weighted by Crippen LogP contribution is 2.31. The predicted octanol–water partition coefficient (Wildman–Crippen LogP) is 4.14. The van der Waals surface area contributed by atoms with Crippen molar-refractivity contribution in [1.82, 2.24) is 5.32 Å². The molecule has 0 saturated carbocycles. The number of hydrogen-bond acceptors (Lipinski definition) is 2. The van der Waals surface area contributed by atoms with Gasteiger partial charge in [-0.1, -0.05) is 24.3 Å². The van der Waals surface area contributed by atoms with Crippen LogP contribution in [0.15, 0.2) is 48.5 Å². The van der Waals surface area contributed by atoms with Crippen LogP contribution in [0.4, 0.5) is 18.9 Å². The molecule has 120 valence electrons. The Morgan fingerprint density at radius 1 is 1.09 bits per heavy atom. The van der Waals surface area contributed by atoms with E-state index in [-0.39, 0.29) is 10.8 Å². The van der Waals surface area contributed by atoms with Crippen LogP contribution in [0, 0.1) is 6.92 Å². The maximum atomic E-state index is 12.7. The third-order valence-electron chi connectivity index (χ3n) is 3.08. The van der Waals surface area contributed by atoms with E-state index in [1.54, 1.807) is 37.3 Å². The molecule has 0 fully saturated rings. The Hall–Kier alpha value is -2.41. The number of aryl methyl sites for hydroxylation is 1. The fourth-order valence-corrected chi connectivity index (χ4v) is 2.05. The van der Waals surface area contributed by atoms with Gasteiger partial charge in [-0.2, -0.15) is 13.2 Å². The molecule has 0 aliphatic carbocycles. The smallest absolute Gasteiger partial charge is 0.332 e. The first kappa shape index (κ1) is 17.0. The molecule has 0 radical (unpaired) electrons. The normalized spacial score (nSPS) is 11.0. The van der Waals surface area contributed by atoms with Crippen molar-refractivity contribution in [3.05, 3.63) is 65.2 Å². The lowest BCUT2D eigenvalue weighted by molar-refractivity contribution is -0.137. The number of rotatable bonds is 2. The highest BCUT2D eigenvalue weighted by atomic mass is 32.1. The topological polar surface area (TPSA) is 41.1 Å². The minimum atomic E-state index is -4.45. The Kier molecular flexibility index (Phi) is 5.00. The molecule has 0 bridgehead atoms. The Bertz CT molecular complexity index is 730. The van der Waals surface area contributed by atoms with Crippen molar-refractivity contribution in [2.75, 3.05) is 5.32 Å². The molecule has 2 N–H and O–H groups in total. The summed E-state index contributed by atoms with van der Waals surface area (Å²) in [6, 6.07) is 11.7. The fourth-order valence-electron chi connectivity index (χ4n) is 1.85. The van der Waals surface area contributed by atoms with Crippen LogP contribution in [0.25, 0.3) is 0 Å². The lowest BCUT2D eigenvalue weighted by atomic mass is 10.1. The van der Waals surface area contributed by atoms with Gasteiger partial charge in [0.25, 0.3) is 5.91 Å². The van der Waals surface area contributed by atoms with Gasteiger partial charge >= 0.3 is 6.18 Å². The lowest BCUT2D eigenvalue weighted by Crippen LogP contribution is -2.34. The molecule has 0 spiro atoms. The van der Waals surface area contributed by atoms with Gasteiger partial charge in [0.1, 0.15) is 0 Å². The van der Waals surface area contributed by atoms with Gasteiger partial charge in [-0.25, -0.2) is 0 Å². The summed E-state index contributed by atoms with van der Waals surface area (Å²) in [5.74, 6) is -0.437. The Balaban J connectivity index is 2.10. The highest BCUT2D eigenvalue weighted by Gasteiger charge is 2.30. The lowest BCUT2D eigenvalue weighted by Gasteiger charge is -2.14. The SMILES string of the molecule is Cc1ccc(C(F)(F)F)cc1NC(=S)NC(=O)c1ccccc1. The van der Waals surface area contributed by atoms with Crippen LogP contribution in [-0.2, 0) is 6.18 Å². The summed E-state index contributed by atoms with van der Waals surface area (Å²) < 4.78 is 38.2. The molecule has 7 heteroatoms. The zero-order valence-corrected chi connectivity index (χ0v) is 12.9. The Morgan fingerprint density at radius 3 is 2.35 bits per heavy atom. The first-order valence-electron chi connectivity index (χ1n) is 6.62. The van der Waals surface area contributed by atoms with Crippen LogP contribution >= 0.6 is 12.2 Å². The van der Waals surface area contributed by atoms with Crippen LogP contribution in [0.2, 0.25) is 0 Å². The van der Waals surface area contributed by atoms with Gasteiger partial charge in [0.05, 0.1) is 5.56 Å². The van der Waals surface area contributed by atoms with E-state index in [2.05, 4.69) is 10.6 Å². The molecule has 0 saturated heterocycles. The molecule has 0 aliphatic heterocycles. The Morgan fingerprint density at radius 2 is 1.74 bits per heavy atom. The second kappa shape index (κ2) is 6.78. The summed E-state index contributed by atoms with van der Waals surface area (Å²) in [4.78, 5) is 11.9. The number of thiocarbonyl (C=S) groups is 1. The Labute approximate surface area is 136 Å². The monoisotopic (exact) mass is 338 g/mol. The first-order chi connectivity index (χ1) is 10.8. The zero-order chi connectivity index (χ0) is 17.0.